The van der Waals surface area contributed by atoms with E-state index in [1.807, 2.05) is 25.1 Å². The summed E-state index contributed by atoms with van der Waals surface area (Å²) in [6.45, 7) is 2.50. The largest absolute Gasteiger partial charge is 0.494 e. The minimum atomic E-state index is -0.284. The van der Waals surface area contributed by atoms with E-state index in [4.69, 9.17) is 4.74 Å². The van der Waals surface area contributed by atoms with Crippen LogP contribution < -0.4 is 15.5 Å². The van der Waals surface area contributed by atoms with E-state index in [0.717, 1.165) is 18.6 Å². The molecule has 2 aromatic carbocycles. The first-order chi connectivity index (χ1) is 13.2. The van der Waals surface area contributed by atoms with Crippen LogP contribution in [0.3, 0.4) is 0 Å². The molecule has 6 nitrogen and oxygen atoms in total. The second kappa shape index (κ2) is 11.5. The average molecular weight is 367 g/mol. The minimum absolute atomic E-state index is 0.0822. The molecule has 0 aromatic heterocycles. The second-order valence-corrected chi connectivity index (χ2v) is 5.88. The van der Waals surface area contributed by atoms with Crippen molar-refractivity contribution in [2.24, 2.45) is 5.10 Å². The number of ether oxygens (including phenoxy) is 1. The summed E-state index contributed by atoms with van der Waals surface area (Å²) in [4.78, 5) is 23.6. The van der Waals surface area contributed by atoms with Gasteiger partial charge in [-0.3, -0.25) is 9.59 Å². The lowest BCUT2D eigenvalue weighted by Crippen LogP contribution is -2.20. The van der Waals surface area contributed by atoms with Crippen molar-refractivity contribution >= 4 is 23.7 Å². The molecule has 0 aliphatic heterocycles. The van der Waals surface area contributed by atoms with E-state index < -0.39 is 0 Å². The lowest BCUT2D eigenvalue weighted by atomic mass is 10.1. The van der Waals surface area contributed by atoms with Crippen LogP contribution in [0.5, 0.6) is 5.75 Å². The molecule has 0 atom stereocenters. The van der Waals surface area contributed by atoms with Gasteiger partial charge in [0.15, 0.2) is 0 Å². The molecule has 2 rings (SSSR count). The van der Waals surface area contributed by atoms with Crippen LogP contribution in [0.2, 0.25) is 0 Å². The second-order valence-electron chi connectivity index (χ2n) is 5.88. The van der Waals surface area contributed by atoms with Crippen LogP contribution in [0.15, 0.2) is 59.7 Å². The average Bonchev–Trinajstić information content (AvgIpc) is 2.69. The first-order valence-electron chi connectivity index (χ1n) is 9.04. The number of benzene rings is 2. The standard InChI is InChI=1S/C21H25N3O3/c1-2-27-19-12-10-18(11-13-19)23-20(25)14-15-21(26)24-22-16-6-9-17-7-4-3-5-8-17/h3-5,7-8,10-13,16H,2,6,9,14-15H2,1H3,(H,23,25)(H,24,26)/b22-16+. The van der Waals surface area contributed by atoms with Gasteiger partial charge < -0.3 is 10.1 Å². The summed E-state index contributed by atoms with van der Waals surface area (Å²) in [5.41, 5.74) is 4.34. The summed E-state index contributed by atoms with van der Waals surface area (Å²) in [5, 5.41) is 6.65. The Morgan fingerprint density at radius 1 is 1.00 bits per heavy atom. The third kappa shape index (κ3) is 8.18. The zero-order valence-electron chi connectivity index (χ0n) is 15.5. The number of amides is 2. The van der Waals surface area contributed by atoms with Crippen molar-refractivity contribution < 1.29 is 14.3 Å². The Bertz CT molecular complexity index is 743. The molecule has 0 spiro atoms. The molecule has 0 unspecified atom stereocenters. The Labute approximate surface area is 159 Å². The van der Waals surface area contributed by atoms with Gasteiger partial charge in [-0.2, -0.15) is 5.10 Å². The summed E-state index contributed by atoms with van der Waals surface area (Å²) in [6, 6.07) is 17.2. The Kier molecular flexibility index (Phi) is 8.56. The highest BCUT2D eigenvalue weighted by atomic mass is 16.5. The fourth-order valence-electron chi connectivity index (χ4n) is 2.37. The molecule has 0 radical (unpaired) electrons. The molecular formula is C21H25N3O3. The predicted molar refractivity (Wildman–Crippen MR) is 107 cm³/mol. The number of hydrogen-bond donors (Lipinski definition) is 2. The maximum Gasteiger partial charge on any atom is 0.240 e. The number of carbonyl (C=O) groups excluding carboxylic acids is 2. The SMILES string of the molecule is CCOc1ccc(NC(=O)CCC(=O)N/N=C/CCc2ccccc2)cc1. The molecule has 0 saturated carbocycles. The smallest absolute Gasteiger partial charge is 0.240 e. The van der Waals surface area contributed by atoms with Gasteiger partial charge in [0, 0.05) is 24.7 Å². The van der Waals surface area contributed by atoms with Gasteiger partial charge in [0.05, 0.1) is 6.61 Å². The number of hydrogen-bond acceptors (Lipinski definition) is 4. The van der Waals surface area contributed by atoms with Gasteiger partial charge in [-0.1, -0.05) is 30.3 Å². The van der Waals surface area contributed by atoms with Crippen LogP contribution >= 0.6 is 0 Å². The molecule has 0 aliphatic carbocycles. The van der Waals surface area contributed by atoms with E-state index in [1.165, 1.54) is 5.56 Å². The van der Waals surface area contributed by atoms with Gasteiger partial charge >= 0.3 is 0 Å². The highest BCUT2D eigenvalue weighted by Crippen LogP contribution is 2.15. The van der Waals surface area contributed by atoms with Crippen molar-refractivity contribution in [2.45, 2.75) is 32.6 Å². The fourth-order valence-corrected chi connectivity index (χ4v) is 2.37. The number of aryl methyl sites for hydroxylation is 1. The van der Waals surface area contributed by atoms with Crippen molar-refractivity contribution in [3.05, 3.63) is 60.2 Å². The summed E-state index contributed by atoms with van der Waals surface area (Å²) >= 11 is 0. The molecule has 27 heavy (non-hydrogen) atoms. The predicted octanol–water partition coefficient (Wildman–Crippen LogP) is 3.54. The number of anilines is 1. The van der Waals surface area contributed by atoms with Gasteiger partial charge in [-0.15, -0.1) is 0 Å². The van der Waals surface area contributed by atoms with Crippen LogP contribution in [0.4, 0.5) is 5.69 Å². The molecule has 0 heterocycles. The molecule has 0 saturated heterocycles. The lowest BCUT2D eigenvalue weighted by Gasteiger charge is -2.07. The highest BCUT2D eigenvalue weighted by molar-refractivity contribution is 5.93. The molecule has 2 N–H and O–H groups in total. The topological polar surface area (TPSA) is 79.8 Å². The van der Waals surface area contributed by atoms with Crippen LogP contribution in [0.25, 0.3) is 0 Å². The van der Waals surface area contributed by atoms with Gasteiger partial charge in [0.1, 0.15) is 5.75 Å². The fraction of sp³-hybridized carbons (Fsp3) is 0.286. The zero-order valence-corrected chi connectivity index (χ0v) is 15.5. The number of carbonyl (C=O) groups is 2. The first kappa shape index (κ1) is 20.2. The maximum atomic E-state index is 11.9. The number of nitrogens with one attached hydrogen (secondary N) is 2. The van der Waals surface area contributed by atoms with Gasteiger partial charge in [-0.05, 0) is 49.6 Å². The van der Waals surface area contributed by atoms with E-state index in [-0.39, 0.29) is 24.7 Å². The first-order valence-corrected chi connectivity index (χ1v) is 9.04. The molecule has 0 bridgehead atoms. The van der Waals surface area contributed by atoms with Crippen molar-refractivity contribution in [1.29, 1.82) is 0 Å². The van der Waals surface area contributed by atoms with Crippen molar-refractivity contribution in [3.63, 3.8) is 0 Å². The molecule has 142 valence electrons. The van der Waals surface area contributed by atoms with E-state index >= 15 is 0 Å². The lowest BCUT2D eigenvalue weighted by molar-refractivity contribution is -0.124. The van der Waals surface area contributed by atoms with Crippen molar-refractivity contribution in [3.8, 4) is 5.75 Å². The highest BCUT2D eigenvalue weighted by Gasteiger charge is 2.07. The van der Waals surface area contributed by atoms with Gasteiger partial charge in [0.2, 0.25) is 11.8 Å². The minimum Gasteiger partial charge on any atom is -0.494 e. The zero-order chi connectivity index (χ0) is 19.3. The van der Waals surface area contributed by atoms with Crippen molar-refractivity contribution in [2.75, 3.05) is 11.9 Å². The van der Waals surface area contributed by atoms with E-state index in [0.29, 0.717) is 12.3 Å². The number of rotatable bonds is 10. The van der Waals surface area contributed by atoms with Crippen LogP contribution in [0, 0.1) is 0 Å². The monoisotopic (exact) mass is 367 g/mol. The molecule has 0 fully saturated rings. The van der Waals surface area contributed by atoms with Crippen LogP contribution in [0.1, 0.15) is 31.7 Å². The Morgan fingerprint density at radius 3 is 2.41 bits per heavy atom. The Balaban J connectivity index is 1.61. The van der Waals surface area contributed by atoms with Crippen LogP contribution in [-0.4, -0.2) is 24.6 Å². The van der Waals surface area contributed by atoms with Gasteiger partial charge in [-0.25, -0.2) is 5.43 Å². The Morgan fingerprint density at radius 2 is 1.70 bits per heavy atom. The van der Waals surface area contributed by atoms with E-state index in [1.54, 1.807) is 30.5 Å². The summed E-state index contributed by atoms with van der Waals surface area (Å²) in [7, 11) is 0. The quantitative estimate of drug-likeness (QED) is 0.498. The molecule has 0 aliphatic rings. The number of hydrazone groups is 1. The van der Waals surface area contributed by atoms with E-state index in [2.05, 4.69) is 28.0 Å². The summed E-state index contributed by atoms with van der Waals surface area (Å²) in [6.07, 6.45) is 3.45. The molecular weight excluding hydrogens is 342 g/mol. The third-order valence-electron chi connectivity index (χ3n) is 3.71. The summed E-state index contributed by atoms with van der Waals surface area (Å²) < 4.78 is 5.35. The van der Waals surface area contributed by atoms with E-state index in [9.17, 15) is 9.59 Å². The summed E-state index contributed by atoms with van der Waals surface area (Å²) in [5.74, 6) is 0.246. The third-order valence-corrected chi connectivity index (χ3v) is 3.71. The molecule has 2 aromatic rings. The number of nitrogens with zero attached hydrogens (tertiary/aromatic N) is 1. The van der Waals surface area contributed by atoms with Crippen molar-refractivity contribution in [1.82, 2.24) is 5.43 Å². The van der Waals surface area contributed by atoms with Gasteiger partial charge in [0.25, 0.3) is 0 Å². The molecule has 6 heteroatoms. The Hall–Kier alpha value is -3.15. The maximum absolute atomic E-state index is 11.9. The molecule has 2 amide bonds. The normalized spacial score (nSPS) is 10.6. The van der Waals surface area contributed by atoms with Crippen LogP contribution in [-0.2, 0) is 16.0 Å².